The topological polar surface area (TPSA) is 53.5 Å². The molecule has 0 unspecified atom stereocenters. The van der Waals surface area contributed by atoms with Gasteiger partial charge in [-0.3, -0.25) is 4.90 Å². The van der Waals surface area contributed by atoms with Crippen LogP contribution in [0.3, 0.4) is 0 Å². The van der Waals surface area contributed by atoms with E-state index >= 15 is 0 Å². The van der Waals surface area contributed by atoms with E-state index in [0.29, 0.717) is 11.5 Å². The standard InChI is InChI=1S/C25H31ClFN5O/c1-5-8-31-9-11-32(12-10-31)25(2,3)19-14-18-22(15-23(19)33-4)28-16-29-24(18)30-17-6-7-21(27)20(26)13-17/h6-7,13-16H,5,8-12H2,1-4H3,(H,28,29,30). The number of hydrogen-bond acceptors (Lipinski definition) is 6. The molecule has 33 heavy (non-hydrogen) atoms. The molecular formula is C25H31ClFN5O. The van der Waals surface area contributed by atoms with Gasteiger partial charge < -0.3 is 15.0 Å². The van der Waals surface area contributed by atoms with E-state index in [-0.39, 0.29) is 10.6 Å². The molecule has 1 aliphatic rings. The minimum atomic E-state index is -0.456. The summed E-state index contributed by atoms with van der Waals surface area (Å²) in [7, 11) is 1.70. The molecule has 1 aromatic heterocycles. The van der Waals surface area contributed by atoms with Gasteiger partial charge in [-0.15, -0.1) is 0 Å². The molecule has 8 heteroatoms. The van der Waals surface area contributed by atoms with Crippen molar-refractivity contribution in [2.45, 2.75) is 32.7 Å². The van der Waals surface area contributed by atoms with Crippen molar-refractivity contribution in [1.82, 2.24) is 19.8 Å². The smallest absolute Gasteiger partial charge is 0.141 e. The van der Waals surface area contributed by atoms with Gasteiger partial charge in [0, 0.05) is 54.4 Å². The number of rotatable bonds is 7. The lowest BCUT2D eigenvalue weighted by molar-refractivity contribution is 0.0493. The Labute approximate surface area is 199 Å². The predicted octanol–water partition coefficient (Wildman–Crippen LogP) is 5.44. The molecule has 2 heterocycles. The summed E-state index contributed by atoms with van der Waals surface area (Å²) in [6.45, 7) is 12.0. The summed E-state index contributed by atoms with van der Waals surface area (Å²) < 4.78 is 19.4. The zero-order valence-corrected chi connectivity index (χ0v) is 20.4. The number of piperazine rings is 1. The van der Waals surface area contributed by atoms with Gasteiger partial charge in [0.05, 0.1) is 17.6 Å². The third-order valence-electron chi connectivity index (χ3n) is 6.50. The molecular weight excluding hydrogens is 441 g/mol. The van der Waals surface area contributed by atoms with Crippen LogP contribution in [0.1, 0.15) is 32.8 Å². The van der Waals surface area contributed by atoms with Gasteiger partial charge in [0.25, 0.3) is 0 Å². The highest BCUT2D eigenvalue weighted by molar-refractivity contribution is 6.31. The molecule has 3 aromatic rings. The Balaban J connectivity index is 1.70. The summed E-state index contributed by atoms with van der Waals surface area (Å²) in [4.78, 5) is 13.9. The maximum absolute atomic E-state index is 13.6. The molecule has 6 nitrogen and oxygen atoms in total. The highest BCUT2D eigenvalue weighted by Crippen LogP contribution is 2.39. The molecule has 0 atom stereocenters. The fourth-order valence-corrected chi connectivity index (χ4v) is 4.74. The normalized spacial score (nSPS) is 15.7. The lowest BCUT2D eigenvalue weighted by Crippen LogP contribution is -2.53. The molecule has 176 valence electrons. The van der Waals surface area contributed by atoms with Gasteiger partial charge in [-0.2, -0.15) is 0 Å². The van der Waals surface area contributed by atoms with Crippen molar-refractivity contribution in [3.63, 3.8) is 0 Å². The molecule has 1 saturated heterocycles. The summed E-state index contributed by atoms with van der Waals surface area (Å²) in [6.07, 6.45) is 2.68. The Bertz CT molecular complexity index is 1130. The summed E-state index contributed by atoms with van der Waals surface area (Å²) in [5.74, 6) is 0.982. The minimum Gasteiger partial charge on any atom is -0.496 e. The largest absolute Gasteiger partial charge is 0.496 e. The van der Waals surface area contributed by atoms with Crippen LogP contribution >= 0.6 is 11.6 Å². The van der Waals surface area contributed by atoms with Crippen LogP contribution in [0.25, 0.3) is 10.9 Å². The average Bonchev–Trinajstić information content (AvgIpc) is 2.81. The van der Waals surface area contributed by atoms with Crippen molar-refractivity contribution in [2.75, 3.05) is 45.2 Å². The van der Waals surface area contributed by atoms with Gasteiger partial charge >= 0.3 is 0 Å². The zero-order valence-electron chi connectivity index (χ0n) is 19.7. The minimum absolute atomic E-state index is 0.0593. The van der Waals surface area contributed by atoms with Crippen molar-refractivity contribution in [3.8, 4) is 5.75 Å². The second kappa shape index (κ2) is 9.79. The van der Waals surface area contributed by atoms with Gasteiger partial charge in [-0.25, -0.2) is 14.4 Å². The van der Waals surface area contributed by atoms with Crippen molar-refractivity contribution in [3.05, 3.63) is 53.1 Å². The third kappa shape index (κ3) is 4.90. The molecule has 4 rings (SSSR count). The lowest BCUT2D eigenvalue weighted by Gasteiger charge is -2.44. The van der Waals surface area contributed by atoms with Crippen LogP contribution in [0.15, 0.2) is 36.7 Å². The Morgan fingerprint density at radius 1 is 1.12 bits per heavy atom. The number of halogens is 2. The lowest BCUT2D eigenvalue weighted by atomic mass is 9.89. The average molecular weight is 472 g/mol. The van der Waals surface area contributed by atoms with Crippen LogP contribution in [0.5, 0.6) is 5.75 Å². The first-order chi connectivity index (χ1) is 15.8. The fraction of sp³-hybridized carbons (Fsp3) is 0.440. The number of anilines is 2. The zero-order chi connectivity index (χ0) is 23.6. The SMILES string of the molecule is CCCN1CCN(C(C)(C)c2cc3c(Nc4ccc(F)c(Cl)c4)ncnc3cc2OC)CC1. The van der Waals surface area contributed by atoms with Crippen LogP contribution in [0, 0.1) is 5.82 Å². The first-order valence-corrected chi connectivity index (χ1v) is 11.7. The van der Waals surface area contributed by atoms with Gasteiger partial charge in [0.15, 0.2) is 0 Å². The Morgan fingerprint density at radius 3 is 2.55 bits per heavy atom. The third-order valence-corrected chi connectivity index (χ3v) is 6.79. The molecule has 1 aliphatic heterocycles. The number of nitrogens with one attached hydrogen (secondary N) is 1. The first kappa shape index (κ1) is 23.7. The number of methoxy groups -OCH3 is 1. The van der Waals surface area contributed by atoms with Gasteiger partial charge in [0.1, 0.15) is 23.7 Å². The van der Waals surface area contributed by atoms with Gasteiger partial charge in [-0.05, 0) is 51.1 Å². The van der Waals surface area contributed by atoms with Crippen molar-refractivity contribution in [2.24, 2.45) is 0 Å². The number of nitrogens with zero attached hydrogens (tertiary/aromatic N) is 4. The van der Waals surface area contributed by atoms with E-state index in [9.17, 15) is 4.39 Å². The summed E-state index contributed by atoms with van der Waals surface area (Å²) in [5.41, 5.74) is 2.26. The Kier molecular flexibility index (Phi) is 7.02. The van der Waals surface area contributed by atoms with E-state index in [1.165, 1.54) is 18.8 Å². The first-order valence-electron chi connectivity index (χ1n) is 11.4. The van der Waals surface area contributed by atoms with Crippen LogP contribution in [0.4, 0.5) is 15.9 Å². The van der Waals surface area contributed by atoms with E-state index in [1.54, 1.807) is 19.2 Å². The molecule has 0 spiro atoms. The Morgan fingerprint density at radius 2 is 1.88 bits per heavy atom. The number of aromatic nitrogens is 2. The van der Waals surface area contributed by atoms with Gasteiger partial charge in [-0.1, -0.05) is 18.5 Å². The monoisotopic (exact) mass is 471 g/mol. The maximum Gasteiger partial charge on any atom is 0.141 e. The van der Waals surface area contributed by atoms with Crippen LogP contribution in [-0.2, 0) is 5.54 Å². The van der Waals surface area contributed by atoms with Crippen LogP contribution < -0.4 is 10.1 Å². The molecule has 0 saturated carbocycles. The van der Waals surface area contributed by atoms with E-state index in [0.717, 1.165) is 54.9 Å². The molecule has 2 aromatic carbocycles. The van der Waals surface area contributed by atoms with E-state index < -0.39 is 5.82 Å². The second-order valence-corrected chi connectivity index (χ2v) is 9.34. The number of ether oxygens (including phenoxy) is 1. The molecule has 0 amide bonds. The second-order valence-electron chi connectivity index (χ2n) is 8.93. The Hall–Kier alpha value is -2.48. The molecule has 1 fully saturated rings. The van der Waals surface area contributed by atoms with E-state index in [2.05, 4.69) is 51.9 Å². The summed E-state index contributed by atoms with van der Waals surface area (Å²) in [5, 5.41) is 4.19. The highest BCUT2D eigenvalue weighted by Gasteiger charge is 2.34. The van der Waals surface area contributed by atoms with Crippen molar-refractivity contribution >= 4 is 34.0 Å². The summed E-state index contributed by atoms with van der Waals surface area (Å²) in [6, 6.07) is 8.60. The van der Waals surface area contributed by atoms with Crippen molar-refractivity contribution in [1.29, 1.82) is 0 Å². The number of fused-ring (bicyclic) bond motifs is 1. The predicted molar refractivity (Wildman–Crippen MR) is 132 cm³/mol. The molecule has 1 N–H and O–H groups in total. The van der Waals surface area contributed by atoms with Crippen molar-refractivity contribution < 1.29 is 9.13 Å². The molecule has 0 aliphatic carbocycles. The molecule has 0 bridgehead atoms. The van der Waals surface area contributed by atoms with Gasteiger partial charge in [0.2, 0.25) is 0 Å². The summed E-state index contributed by atoms with van der Waals surface area (Å²) >= 11 is 5.97. The highest BCUT2D eigenvalue weighted by atomic mass is 35.5. The number of benzene rings is 2. The maximum atomic E-state index is 13.6. The molecule has 0 radical (unpaired) electrons. The van der Waals surface area contributed by atoms with E-state index in [4.69, 9.17) is 16.3 Å². The van der Waals surface area contributed by atoms with Crippen LogP contribution in [-0.4, -0.2) is 59.6 Å². The number of hydrogen-bond donors (Lipinski definition) is 1. The fourth-order valence-electron chi connectivity index (χ4n) is 4.56. The van der Waals surface area contributed by atoms with E-state index in [1.807, 2.05) is 6.07 Å². The van der Waals surface area contributed by atoms with Crippen LogP contribution in [0.2, 0.25) is 5.02 Å². The quantitative estimate of drug-likeness (QED) is 0.495.